The van der Waals surface area contributed by atoms with Gasteiger partial charge in [0.25, 0.3) is 5.91 Å². The fourth-order valence-corrected chi connectivity index (χ4v) is 3.53. The standard InChI is InChI=1S/C27H31NO2/c1-19(2)21-14-16-23(17-15-21)27(20(3)4)28-26(29)18-30-25-13-9-8-12-24(25)22-10-6-5-7-11-22/h5-17,19-20,27H,18H2,1-4H3,(H,28,29)/t27-/m1/s1. The number of hydrogen-bond acceptors (Lipinski definition) is 2. The van der Waals surface area contributed by atoms with Crippen molar-refractivity contribution in [2.45, 2.75) is 39.7 Å². The third-order valence-electron chi connectivity index (χ3n) is 5.28. The van der Waals surface area contributed by atoms with Crippen molar-refractivity contribution < 1.29 is 9.53 Å². The molecular weight excluding hydrogens is 370 g/mol. The summed E-state index contributed by atoms with van der Waals surface area (Å²) in [5, 5.41) is 3.15. The first-order chi connectivity index (χ1) is 14.5. The number of benzene rings is 3. The van der Waals surface area contributed by atoms with Gasteiger partial charge in [0.05, 0.1) is 6.04 Å². The molecule has 3 aromatic rings. The summed E-state index contributed by atoms with van der Waals surface area (Å²) in [5.41, 5.74) is 4.47. The van der Waals surface area contributed by atoms with Crippen LogP contribution in [-0.2, 0) is 4.79 Å². The molecule has 1 amide bonds. The first-order valence-corrected chi connectivity index (χ1v) is 10.6. The van der Waals surface area contributed by atoms with Crippen molar-refractivity contribution in [3.8, 4) is 16.9 Å². The number of nitrogens with one attached hydrogen (secondary N) is 1. The Kier molecular flexibility index (Phi) is 7.29. The summed E-state index contributed by atoms with van der Waals surface area (Å²) >= 11 is 0. The number of para-hydroxylation sites is 1. The molecule has 156 valence electrons. The van der Waals surface area contributed by atoms with Crippen LogP contribution in [0.1, 0.15) is 50.8 Å². The van der Waals surface area contributed by atoms with Crippen molar-refractivity contribution in [3.63, 3.8) is 0 Å². The van der Waals surface area contributed by atoms with Crippen LogP contribution in [0.3, 0.4) is 0 Å². The lowest BCUT2D eigenvalue weighted by molar-refractivity contribution is -0.124. The Bertz CT molecular complexity index is 946. The molecule has 3 nitrogen and oxygen atoms in total. The minimum atomic E-state index is -0.121. The van der Waals surface area contributed by atoms with Crippen LogP contribution in [0, 0.1) is 5.92 Å². The third-order valence-corrected chi connectivity index (χ3v) is 5.28. The molecule has 0 heterocycles. The Morgan fingerprint density at radius 2 is 1.40 bits per heavy atom. The van der Waals surface area contributed by atoms with Crippen molar-refractivity contribution >= 4 is 5.91 Å². The lowest BCUT2D eigenvalue weighted by Crippen LogP contribution is -2.35. The fraction of sp³-hybridized carbons (Fsp3) is 0.296. The largest absolute Gasteiger partial charge is 0.483 e. The quantitative estimate of drug-likeness (QED) is 0.476. The van der Waals surface area contributed by atoms with Crippen LogP contribution in [-0.4, -0.2) is 12.5 Å². The summed E-state index contributed by atoms with van der Waals surface area (Å²) in [4.78, 5) is 12.7. The Labute approximate surface area is 180 Å². The highest BCUT2D eigenvalue weighted by Gasteiger charge is 2.19. The minimum absolute atomic E-state index is 0.0167. The van der Waals surface area contributed by atoms with E-state index in [0.29, 0.717) is 11.7 Å². The van der Waals surface area contributed by atoms with Crippen molar-refractivity contribution in [2.24, 2.45) is 5.92 Å². The first-order valence-electron chi connectivity index (χ1n) is 10.6. The van der Waals surface area contributed by atoms with Gasteiger partial charge in [0, 0.05) is 5.56 Å². The molecule has 0 spiro atoms. The third kappa shape index (κ3) is 5.50. The van der Waals surface area contributed by atoms with E-state index >= 15 is 0 Å². The van der Waals surface area contributed by atoms with E-state index in [1.807, 2.05) is 54.6 Å². The van der Waals surface area contributed by atoms with Gasteiger partial charge in [0.1, 0.15) is 5.75 Å². The summed E-state index contributed by atoms with van der Waals surface area (Å²) in [5.74, 6) is 1.35. The van der Waals surface area contributed by atoms with E-state index in [2.05, 4.69) is 57.3 Å². The van der Waals surface area contributed by atoms with Gasteiger partial charge in [-0.15, -0.1) is 0 Å². The molecule has 3 aromatic carbocycles. The number of carbonyl (C=O) groups excluding carboxylic acids is 1. The molecule has 0 saturated heterocycles. The van der Waals surface area contributed by atoms with Crippen molar-refractivity contribution in [1.82, 2.24) is 5.32 Å². The number of hydrogen-bond donors (Lipinski definition) is 1. The summed E-state index contributed by atoms with van der Waals surface area (Å²) in [6, 6.07) is 26.4. The van der Waals surface area contributed by atoms with Crippen LogP contribution in [0.5, 0.6) is 5.75 Å². The van der Waals surface area contributed by atoms with Gasteiger partial charge in [0.2, 0.25) is 0 Å². The number of carbonyl (C=O) groups is 1. The number of rotatable bonds is 8. The lowest BCUT2D eigenvalue weighted by atomic mass is 9.93. The molecule has 0 aliphatic heterocycles. The Hall–Kier alpha value is -3.07. The van der Waals surface area contributed by atoms with Crippen LogP contribution >= 0.6 is 0 Å². The molecule has 30 heavy (non-hydrogen) atoms. The van der Waals surface area contributed by atoms with Crippen LogP contribution in [0.4, 0.5) is 0 Å². The monoisotopic (exact) mass is 401 g/mol. The maximum Gasteiger partial charge on any atom is 0.258 e. The molecule has 0 bridgehead atoms. The molecule has 0 aliphatic rings. The highest BCUT2D eigenvalue weighted by molar-refractivity contribution is 5.79. The van der Waals surface area contributed by atoms with E-state index in [1.54, 1.807) is 0 Å². The van der Waals surface area contributed by atoms with E-state index in [1.165, 1.54) is 5.56 Å². The predicted octanol–water partition coefficient (Wildman–Crippen LogP) is 6.37. The average molecular weight is 402 g/mol. The molecule has 0 aliphatic carbocycles. The number of amides is 1. The van der Waals surface area contributed by atoms with Crippen molar-refractivity contribution in [2.75, 3.05) is 6.61 Å². The first kappa shape index (κ1) is 21.6. The minimum Gasteiger partial charge on any atom is -0.483 e. The second-order valence-corrected chi connectivity index (χ2v) is 8.26. The van der Waals surface area contributed by atoms with Gasteiger partial charge in [-0.1, -0.05) is 100 Å². The highest BCUT2D eigenvalue weighted by atomic mass is 16.5. The van der Waals surface area contributed by atoms with Gasteiger partial charge in [0.15, 0.2) is 6.61 Å². The van der Waals surface area contributed by atoms with Gasteiger partial charge < -0.3 is 10.1 Å². The zero-order valence-electron chi connectivity index (χ0n) is 18.3. The summed E-state index contributed by atoms with van der Waals surface area (Å²) in [6.07, 6.45) is 0. The van der Waals surface area contributed by atoms with E-state index in [9.17, 15) is 4.79 Å². The molecule has 0 aromatic heterocycles. The van der Waals surface area contributed by atoms with E-state index in [-0.39, 0.29) is 24.5 Å². The summed E-state index contributed by atoms with van der Waals surface area (Å²) in [7, 11) is 0. The van der Waals surface area contributed by atoms with Crippen LogP contribution < -0.4 is 10.1 Å². The Morgan fingerprint density at radius 3 is 2.03 bits per heavy atom. The highest BCUT2D eigenvalue weighted by Crippen LogP contribution is 2.29. The van der Waals surface area contributed by atoms with E-state index < -0.39 is 0 Å². The second kappa shape index (κ2) is 10.1. The van der Waals surface area contributed by atoms with Crippen molar-refractivity contribution in [1.29, 1.82) is 0 Å². The zero-order chi connectivity index (χ0) is 21.5. The zero-order valence-corrected chi connectivity index (χ0v) is 18.3. The normalized spacial score (nSPS) is 12.1. The topological polar surface area (TPSA) is 38.3 Å². The van der Waals surface area contributed by atoms with Crippen LogP contribution in [0.15, 0.2) is 78.9 Å². The molecule has 0 unspecified atom stereocenters. The fourth-order valence-electron chi connectivity index (χ4n) is 3.53. The van der Waals surface area contributed by atoms with Gasteiger partial charge in [-0.25, -0.2) is 0 Å². The molecule has 3 rings (SSSR count). The van der Waals surface area contributed by atoms with Gasteiger partial charge >= 0.3 is 0 Å². The maximum absolute atomic E-state index is 12.7. The summed E-state index contributed by atoms with van der Waals surface area (Å²) < 4.78 is 5.91. The summed E-state index contributed by atoms with van der Waals surface area (Å²) in [6.45, 7) is 8.58. The van der Waals surface area contributed by atoms with Crippen molar-refractivity contribution in [3.05, 3.63) is 90.0 Å². The van der Waals surface area contributed by atoms with Gasteiger partial charge in [-0.3, -0.25) is 4.79 Å². The van der Waals surface area contributed by atoms with E-state index in [4.69, 9.17) is 4.74 Å². The predicted molar refractivity (Wildman–Crippen MR) is 124 cm³/mol. The average Bonchev–Trinajstić information content (AvgIpc) is 2.76. The van der Waals surface area contributed by atoms with Crippen LogP contribution in [0.2, 0.25) is 0 Å². The lowest BCUT2D eigenvalue weighted by Gasteiger charge is -2.23. The van der Waals surface area contributed by atoms with Crippen LogP contribution in [0.25, 0.3) is 11.1 Å². The molecule has 0 fully saturated rings. The molecule has 1 N–H and O–H groups in total. The molecule has 1 atom stereocenters. The Balaban J connectivity index is 1.67. The molecule has 0 saturated carbocycles. The molecular formula is C27H31NO2. The molecule has 3 heteroatoms. The SMILES string of the molecule is CC(C)c1ccc([C@H](NC(=O)COc2ccccc2-c2ccccc2)C(C)C)cc1. The smallest absolute Gasteiger partial charge is 0.258 e. The second-order valence-electron chi connectivity index (χ2n) is 8.26. The van der Waals surface area contributed by atoms with Gasteiger partial charge in [-0.2, -0.15) is 0 Å². The number of ether oxygens (including phenoxy) is 1. The Morgan fingerprint density at radius 1 is 0.800 bits per heavy atom. The molecule has 0 radical (unpaired) electrons. The van der Waals surface area contributed by atoms with E-state index in [0.717, 1.165) is 16.7 Å². The van der Waals surface area contributed by atoms with Gasteiger partial charge in [-0.05, 0) is 34.6 Å². The maximum atomic E-state index is 12.7.